The summed E-state index contributed by atoms with van der Waals surface area (Å²) in [6.07, 6.45) is 21.8. The molecule has 1 aliphatic heterocycles. The maximum atomic E-state index is 2.53. The zero-order chi connectivity index (χ0) is 19.1. The van der Waals surface area contributed by atoms with E-state index in [0.29, 0.717) is 0 Å². The molecule has 0 amide bonds. The molecule has 1 fully saturated rings. The average molecular weight is 385 g/mol. The van der Waals surface area contributed by atoms with Gasteiger partial charge in [-0.15, -0.1) is 11.8 Å². The molecule has 1 rings (SSSR count). The molecule has 3 unspecified atom stereocenters. The van der Waals surface area contributed by atoms with Crippen LogP contribution in [-0.2, 0) is 0 Å². The molecule has 3 atom stereocenters. The van der Waals surface area contributed by atoms with E-state index in [1.165, 1.54) is 120 Å². The van der Waals surface area contributed by atoms with Crippen molar-refractivity contribution in [1.82, 2.24) is 0 Å². The molecule has 26 heavy (non-hydrogen) atoms. The molecule has 0 spiro atoms. The fourth-order valence-electron chi connectivity index (χ4n) is 4.95. The Kier molecular flexibility index (Phi) is 14.3. The van der Waals surface area contributed by atoms with Crippen LogP contribution >= 0.6 is 11.8 Å². The van der Waals surface area contributed by atoms with Gasteiger partial charge < -0.3 is 4.48 Å². The minimum atomic E-state index is 0.852. The highest BCUT2D eigenvalue weighted by molar-refractivity contribution is 8.00. The Morgan fingerprint density at radius 2 is 1.19 bits per heavy atom. The molecule has 0 N–H and O–H groups in total. The van der Waals surface area contributed by atoms with E-state index in [0.717, 1.165) is 11.3 Å². The van der Waals surface area contributed by atoms with Crippen LogP contribution in [-0.4, -0.2) is 41.7 Å². The van der Waals surface area contributed by atoms with Gasteiger partial charge in [-0.1, -0.05) is 90.9 Å². The monoisotopic (exact) mass is 384 g/mol. The Bertz CT molecular complexity index is 319. The van der Waals surface area contributed by atoms with E-state index in [4.69, 9.17) is 0 Å². The summed E-state index contributed by atoms with van der Waals surface area (Å²) >= 11 is 2.20. The van der Waals surface area contributed by atoms with Crippen molar-refractivity contribution in [1.29, 1.82) is 0 Å². The fraction of sp³-hybridized carbons (Fsp3) is 1.00. The molecule has 0 bridgehead atoms. The summed E-state index contributed by atoms with van der Waals surface area (Å²) in [4.78, 5) is 0. The Balaban J connectivity index is 1.91. The minimum Gasteiger partial charge on any atom is -0.322 e. The summed E-state index contributed by atoms with van der Waals surface area (Å²) < 4.78 is 1.35. The van der Waals surface area contributed by atoms with Gasteiger partial charge in [-0.3, -0.25) is 0 Å². The Labute approximate surface area is 170 Å². The van der Waals surface area contributed by atoms with Gasteiger partial charge in [-0.2, -0.15) is 0 Å². The van der Waals surface area contributed by atoms with Crippen LogP contribution < -0.4 is 0 Å². The molecule has 1 nitrogen and oxygen atoms in total. The zero-order valence-electron chi connectivity index (χ0n) is 18.7. The summed E-state index contributed by atoms with van der Waals surface area (Å²) in [6, 6.07) is 0.885. The largest absolute Gasteiger partial charge is 0.322 e. The second-order valence-corrected chi connectivity index (χ2v) is 10.6. The number of nitrogens with zero attached hydrogens (tertiary/aromatic N) is 1. The molecule has 156 valence electrons. The molecule has 0 aromatic heterocycles. The third-order valence-corrected chi connectivity index (χ3v) is 8.02. The molecule has 1 aliphatic rings. The van der Waals surface area contributed by atoms with E-state index in [-0.39, 0.29) is 0 Å². The van der Waals surface area contributed by atoms with Gasteiger partial charge in [-0.05, 0) is 26.2 Å². The normalized spacial score (nSPS) is 26.3. The summed E-state index contributed by atoms with van der Waals surface area (Å²) in [5.41, 5.74) is 0. The van der Waals surface area contributed by atoms with E-state index >= 15 is 0 Å². The van der Waals surface area contributed by atoms with Gasteiger partial charge in [-0.25, -0.2) is 0 Å². The third kappa shape index (κ3) is 10.0. The van der Waals surface area contributed by atoms with Crippen LogP contribution in [0.5, 0.6) is 0 Å². The average Bonchev–Trinajstić information content (AvgIpc) is 2.62. The number of hydrogen-bond acceptors (Lipinski definition) is 1. The first kappa shape index (κ1) is 24.3. The van der Waals surface area contributed by atoms with Crippen molar-refractivity contribution in [3.8, 4) is 0 Å². The van der Waals surface area contributed by atoms with E-state index in [9.17, 15) is 0 Å². The van der Waals surface area contributed by atoms with E-state index in [1.807, 2.05) is 0 Å². The van der Waals surface area contributed by atoms with Crippen molar-refractivity contribution in [3.63, 3.8) is 0 Å². The van der Waals surface area contributed by atoms with Crippen LogP contribution in [0.25, 0.3) is 0 Å². The van der Waals surface area contributed by atoms with Crippen molar-refractivity contribution < 1.29 is 4.48 Å². The zero-order valence-corrected chi connectivity index (χ0v) is 19.6. The number of thioether (sulfide) groups is 1. The number of rotatable bonds is 16. The molecule has 1 saturated heterocycles. The lowest BCUT2D eigenvalue weighted by Crippen LogP contribution is -2.59. The molecular formula is C24H50NS+. The Hall–Kier alpha value is 0.310. The van der Waals surface area contributed by atoms with Crippen molar-refractivity contribution in [2.75, 3.05) is 25.9 Å². The first-order chi connectivity index (χ1) is 12.6. The Morgan fingerprint density at radius 3 is 1.65 bits per heavy atom. The predicted octanol–water partition coefficient (Wildman–Crippen LogP) is 7.83. The van der Waals surface area contributed by atoms with Gasteiger partial charge in [0.1, 0.15) is 6.04 Å². The first-order valence-corrected chi connectivity index (χ1v) is 13.1. The predicted molar refractivity (Wildman–Crippen MR) is 122 cm³/mol. The molecule has 0 saturated carbocycles. The van der Waals surface area contributed by atoms with Crippen molar-refractivity contribution in [2.24, 2.45) is 0 Å². The third-order valence-electron chi connectivity index (χ3n) is 6.77. The van der Waals surface area contributed by atoms with E-state index in [2.05, 4.69) is 39.6 Å². The lowest BCUT2D eigenvalue weighted by Gasteiger charge is -2.47. The summed E-state index contributed by atoms with van der Waals surface area (Å²) in [5.74, 6) is 1.37. The van der Waals surface area contributed by atoms with Gasteiger partial charge in [0, 0.05) is 5.75 Å². The van der Waals surface area contributed by atoms with Crippen LogP contribution in [0, 0.1) is 0 Å². The minimum absolute atomic E-state index is 0.852. The Morgan fingerprint density at radius 1 is 0.731 bits per heavy atom. The number of quaternary nitrogens is 1. The number of unbranched alkanes of at least 4 members (excludes halogenated alkanes) is 13. The van der Waals surface area contributed by atoms with Gasteiger partial charge in [0.25, 0.3) is 0 Å². The van der Waals surface area contributed by atoms with Crippen LogP contribution in [0.3, 0.4) is 0 Å². The SMILES string of the molecule is CCCCCCCCCCCCCCCC[N+]1(C)CCSC(C)C1CC. The molecule has 0 radical (unpaired) electrons. The smallest absolute Gasteiger partial charge is 0.100 e. The van der Waals surface area contributed by atoms with E-state index in [1.54, 1.807) is 0 Å². The quantitative estimate of drug-likeness (QED) is 0.193. The highest BCUT2D eigenvalue weighted by atomic mass is 32.2. The van der Waals surface area contributed by atoms with Crippen molar-refractivity contribution in [3.05, 3.63) is 0 Å². The van der Waals surface area contributed by atoms with Crippen LogP contribution in [0.1, 0.15) is 117 Å². The molecule has 0 aromatic carbocycles. The van der Waals surface area contributed by atoms with Crippen molar-refractivity contribution in [2.45, 2.75) is 128 Å². The van der Waals surface area contributed by atoms with Crippen LogP contribution in [0.2, 0.25) is 0 Å². The fourth-order valence-corrected chi connectivity index (χ4v) is 6.55. The summed E-state index contributed by atoms with van der Waals surface area (Å²) in [5, 5.41) is 0.852. The molecular weight excluding hydrogens is 334 g/mol. The van der Waals surface area contributed by atoms with Crippen molar-refractivity contribution >= 4 is 11.8 Å². The topological polar surface area (TPSA) is 0 Å². The van der Waals surface area contributed by atoms with Crippen LogP contribution in [0.4, 0.5) is 0 Å². The summed E-state index contributed by atoms with van der Waals surface area (Å²) in [6.45, 7) is 9.97. The molecule has 1 heterocycles. The molecule has 0 aromatic rings. The maximum Gasteiger partial charge on any atom is 0.100 e. The highest BCUT2D eigenvalue weighted by Gasteiger charge is 2.38. The summed E-state index contributed by atoms with van der Waals surface area (Å²) in [7, 11) is 2.53. The van der Waals surface area contributed by atoms with Gasteiger partial charge in [0.2, 0.25) is 0 Å². The molecule has 0 aliphatic carbocycles. The second kappa shape index (κ2) is 15.3. The standard InChI is InChI=1S/C24H50NS/c1-5-7-8-9-10-11-12-13-14-15-16-17-18-19-20-25(4)21-22-26-23(3)24(25)6-2/h23-24H,5-22H2,1-4H3/q+1. The van der Waals surface area contributed by atoms with Gasteiger partial charge in [0.15, 0.2) is 0 Å². The lowest BCUT2D eigenvalue weighted by atomic mass is 10.0. The van der Waals surface area contributed by atoms with E-state index < -0.39 is 0 Å². The molecule has 2 heteroatoms. The van der Waals surface area contributed by atoms with Gasteiger partial charge in [0.05, 0.1) is 25.4 Å². The van der Waals surface area contributed by atoms with Gasteiger partial charge >= 0.3 is 0 Å². The highest BCUT2D eigenvalue weighted by Crippen LogP contribution is 2.31. The lowest BCUT2D eigenvalue weighted by molar-refractivity contribution is -0.932. The van der Waals surface area contributed by atoms with Crippen LogP contribution in [0.15, 0.2) is 0 Å². The number of hydrogen-bond donors (Lipinski definition) is 0. The first-order valence-electron chi connectivity index (χ1n) is 12.1. The maximum absolute atomic E-state index is 2.53. The second-order valence-electron chi connectivity index (χ2n) is 9.07.